The maximum Gasteiger partial charge on any atom is 0.253 e. The molecular weight excluding hydrogens is 252 g/mol. The fraction of sp³-hybridized carbons (Fsp3) is 0.188. The molecule has 2 aromatic rings. The molecule has 0 bridgehead atoms. The van der Waals surface area contributed by atoms with Gasteiger partial charge in [-0.05, 0) is 42.2 Å². The minimum Gasteiger partial charge on any atom is -0.508 e. The van der Waals surface area contributed by atoms with E-state index in [0.717, 1.165) is 12.8 Å². The van der Waals surface area contributed by atoms with Crippen molar-refractivity contribution in [3.05, 3.63) is 59.2 Å². The van der Waals surface area contributed by atoms with Gasteiger partial charge in [0.15, 0.2) is 0 Å². The molecule has 0 heterocycles. The summed E-state index contributed by atoms with van der Waals surface area (Å²) in [6.45, 7) is 0. The second-order valence-electron chi connectivity index (χ2n) is 5.12. The van der Waals surface area contributed by atoms with Crippen LogP contribution in [0.2, 0.25) is 0 Å². The second-order valence-corrected chi connectivity index (χ2v) is 5.12. The molecule has 0 unspecified atom stereocenters. The number of hydrogen-bond donors (Lipinski definition) is 3. The van der Waals surface area contributed by atoms with Crippen LogP contribution in [0.3, 0.4) is 0 Å². The van der Waals surface area contributed by atoms with Crippen LogP contribution in [0.15, 0.2) is 42.5 Å². The van der Waals surface area contributed by atoms with E-state index in [2.05, 4.69) is 17.4 Å². The fourth-order valence-electron chi connectivity index (χ4n) is 2.66. The van der Waals surface area contributed by atoms with Gasteiger partial charge < -0.3 is 16.2 Å². The third-order valence-electron chi connectivity index (χ3n) is 3.67. The molecule has 20 heavy (non-hydrogen) atoms. The van der Waals surface area contributed by atoms with E-state index in [-0.39, 0.29) is 17.7 Å². The van der Waals surface area contributed by atoms with Gasteiger partial charge in [0.2, 0.25) is 0 Å². The number of nitrogens with two attached hydrogens (primary N) is 1. The van der Waals surface area contributed by atoms with Crippen molar-refractivity contribution in [1.29, 1.82) is 0 Å². The molecule has 0 aliphatic heterocycles. The van der Waals surface area contributed by atoms with Gasteiger partial charge in [0.05, 0.1) is 5.56 Å². The van der Waals surface area contributed by atoms with Crippen LogP contribution < -0.4 is 11.1 Å². The first-order valence-electron chi connectivity index (χ1n) is 6.59. The highest BCUT2D eigenvalue weighted by Crippen LogP contribution is 2.23. The lowest BCUT2D eigenvalue weighted by Crippen LogP contribution is -2.35. The Kier molecular flexibility index (Phi) is 3.06. The molecular formula is C16H16N2O2. The Bertz CT molecular complexity index is 642. The Morgan fingerprint density at radius 2 is 1.80 bits per heavy atom. The number of amides is 1. The van der Waals surface area contributed by atoms with E-state index in [0.29, 0.717) is 11.3 Å². The average molecular weight is 268 g/mol. The molecule has 3 rings (SSSR count). The Morgan fingerprint density at radius 3 is 2.45 bits per heavy atom. The monoisotopic (exact) mass is 268 g/mol. The number of phenols is 1. The van der Waals surface area contributed by atoms with Crippen LogP contribution >= 0.6 is 0 Å². The number of rotatable bonds is 2. The lowest BCUT2D eigenvalue weighted by atomic mass is 10.1. The third kappa shape index (κ3) is 2.32. The van der Waals surface area contributed by atoms with Crippen LogP contribution in [-0.4, -0.2) is 17.1 Å². The molecule has 0 fully saturated rings. The quantitative estimate of drug-likeness (QED) is 0.575. The molecule has 0 spiro atoms. The SMILES string of the molecule is Nc1ccc(O)cc1C(=O)NC1Cc2ccccc2C1. The molecule has 4 heteroatoms. The number of aromatic hydroxyl groups is 1. The number of phenolic OH excluding ortho intramolecular Hbond substituents is 1. The fourth-order valence-corrected chi connectivity index (χ4v) is 2.66. The van der Waals surface area contributed by atoms with Gasteiger partial charge in [0, 0.05) is 11.7 Å². The van der Waals surface area contributed by atoms with Crippen molar-refractivity contribution in [3.8, 4) is 5.75 Å². The van der Waals surface area contributed by atoms with Crippen molar-refractivity contribution < 1.29 is 9.90 Å². The van der Waals surface area contributed by atoms with Gasteiger partial charge in [-0.15, -0.1) is 0 Å². The topological polar surface area (TPSA) is 75.3 Å². The van der Waals surface area contributed by atoms with E-state index in [1.165, 1.54) is 29.3 Å². The van der Waals surface area contributed by atoms with Gasteiger partial charge in [-0.2, -0.15) is 0 Å². The predicted octanol–water partition coefficient (Wildman–Crippen LogP) is 1.87. The Balaban J connectivity index is 1.74. The standard InChI is InChI=1S/C16H16N2O2/c17-15-6-5-13(19)9-14(15)16(20)18-12-7-10-3-1-2-4-11(10)8-12/h1-6,9,12,19H,7-8,17H2,(H,18,20). The maximum atomic E-state index is 12.2. The highest BCUT2D eigenvalue weighted by Gasteiger charge is 2.23. The molecule has 1 amide bonds. The van der Waals surface area contributed by atoms with Crippen LogP contribution in [0, 0.1) is 0 Å². The number of benzene rings is 2. The summed E-state index contributed by atoms with van der Waals surface area (Å²) in [6, 6.07) is 12.7. The van der Waals surface area contributed by atoms with E-state index in [4.69, 9.17) is 5.73 Å². The zero-order chi connectivity index (χ0) is 14.1. The number of hydrogen-bond acceptors (Lipinski definition) is 3. The molecule has 0 radical (unpaired) electrons. The van der Waals surface area contributed by atoms with Gasteiger partial charge in [-0.25, -0.2) is 0 Å². The minimum absolute atomic E-state index is 0.0408. The average Bonchev–Trinajstić information content (AvgIpc) is 2.83. The van der Waals surface area contributed by atoms with Gasteiger partial charge >= 0.3 is 0 Å². The molecule has 1 aliphatic rings. The second kappa shape index (κ2) is 4.89. The summed E-state index contributed by atoms with van der Waals surface area (Å²) in [7, 11) is 0. The van der Waals surface area contributed by atoms with Crippen molar-refractivity contribution in [2.24, 2.45) is 0 Å². The van der Waals surface area contributed by atoms with Crippen molar-refractivity contribution in [2.75, 3.05) is 5.73 Å². The Morgan fingerprint density at radius 1 is 1.15 bits per heavy atom. The van der Waals surface area contributed by atoms with E-state index in [1.807, 2.05) is 12.1 Å². The summed E-state index contributed by atoms with van der Waals surface area (Å²) in [6.07, 6.45) is 1.67. The normalized spacial score (nSPS) is 14.0. The van der Waals surface area contributed by atoms with Gasteiger partial charge in [0.1, 0.15) is 5.75 Å². The highest BCUT2D eigenvalue weighted by molar-refractivity contribution is 5.99. The number of carbonyl (C=O) groups excluding carboxylic acids is 1. The largest absolute Gasteiger partial charge is 0.508 e. The van der Waals surface area contributed by atoms with E-state index in [9.17, 15) is 9.90 Å². The summed E-state index contributed by atoms with van der Waals surface area (Å²) in [4.78, 5) is 12.2. The summed E-state index contributed by atoms with van der Waals surface area (Å²) in [5, 5.41) is 12.4. The molecule has 102 valence electrons. The summed E-state index contributed by atoms with van der Waals surface area (Å²) in [5.41, 5.74) is 9.03. The first-order valence-corrected chi connectivity index (χ1v) is 6.59. The number of carbonyl (C=O) groups is 1. The van der Waals surface area contributed by atoms with Crippen LogP contribution in [0.5, 0.6) is 5.75 Å². The Hall–Kier alpha value is -2.49. The zero-order valence-corrected chi connectivity index (χ0v) is 11.0. The molecule has 0 saturated carbocycles. The molecule has 1 aliphatic carbocycles. The number of nitrogen functional groups attached to an aromatic ring is 1. The molecule has 0 atom stereocenters. The summed E-state index contributed by atoms with van der Waals surface area (Å²) >= 11 is 0. The van der Waals surface area contributed by atoms with Crippen molar-refractivity contribution >= 4 is 11.6 Å². The van der Waals surface area contributed by atoms with Crippen LogP contribution in [0.25, 0.3) is 0 Å². The molecule has 0 aromatic heterocycles. The van der Waals surface area contributed by atoms with Crippen molar-refractivity contribution in [1.82, 2.24) is 5.32 Å². The molecule has 0 saturated heterocycles. The van der Waals surface area contributed by atoms with Crippen LogP contribution in [0.1, 0.15) is 21.5 Å². The first kappa shape index (κ1) is 12.5. The molecule has 4 nitrogen and oxygen atoms in total. The van der Waals surface area contributed by atoms with Gasteiger partial charge in [-0.1, -0.05) is 24.3 Å². The third-order valence-corrected chi connectivity index (χ3v) is 3.67. The lowest BCUT2D eigenvalue weighted by Gasteiger charge is -2.13. The predicted molar refractivity (Wildman–Crippen MR) is 77.6 cm³/mol. The summed E-state index contributed by atoms with van der Waals surface area (Å²) in [5.74, 6) is -0.199. The van der Waals surface area contributed by atoms with Crippen LogP contribution in [-0.2, 0) is 12.8 Å². The van der Waals surface area contributed by atoms with Gasteiger partial charge in [0.25, 0.3) is 5.91 Å². The van der Waals surface area contributed by atoms with Gasteiger partial charge in [-0.3, -0.25) is 4.79 Å². The smallest absolute Gasteiger partial charge is 0.253 e. The zero-order valence-electron chi connectivity index (χ0n) is 11.0. The van der Waals surface area contributed by atoms with Crippen LogP contribution in [0.4, 0.5) is 5.69 Å². The van der Waals surface area contributed by atoms with E-state index >= 15 is 0 Å². The van der Waals surface area contributed by atoms with E-state index < -0.39 is 0 Å². The minimum atomic E-state index is -0.240. The lowest BCUT2D eigenvalue weighted by molar-refractivity contribution is 0.0939. The van der Waals surface area contributed by atoms with Crippen molar-refractivity contribution in [2.45, 2.75) is 18.9 Å². The molecule has 4 N–H and O–H groups in total. The first-order chi connectivity index (χ1) is 9.63. The Labute approximate surface area is 117 Å². The summed E-state index contributed by atoms with van der Waals surface area (Å²) < 4.78 is 0. The molecule has 2 aromatic carbocycles. The van der Waals surface area contributed by atoms with E-state index in [1.54, 1.807) is 0 Å². The highest BCUT2D eigenvalue weighted by atomic mass is 16.3. The maximum absolute atomic E-state index is 12.2. The number of nitrogens with one attached hydrogen (secondary N) is 1. The number of anilines is 1. The van der Waals surface area contributed by atoms with Crippen molar-refractivity contribution in [3.63, 3.8) is 0 Å². The number of fused-ring (bicyclic) bond motifs is 1.